The fourth-order valence-electron chi connectivity index (χ4n) is 3.34. The zero-order valence-electron chi connectivity index (χ0n) is 16.0. The lowest BCUT2D eigenvalue weighted by atomic mass is 9.99. The Balaban J connectivity index is 1.62. The molecule has 10 heteroatoms. The number of rotatable bonds is 4. The second kappa shape index (κ2) is 8.17. The van der Waals surface area contributed by atoms with E-state index >= 15 is 0 Å². The summed E-state index contributed by atoms with van der Waals surface area (Å²) in [6.45, 7) is -0.338. The van der Waals surface area contributed by atoms with E-state index in [9.17, 15) is 35.4 Å². The molecule has 5 atom stereocenters. The molecule has 2 heterocycles. The third kappa shape index (κ3) is 4.07. The first kappa shape index (κ1) is 21.1. The average Bonchev–Trinajstić information content (AvgIpc) is 2.73. The van der Waals surface area contributed by atoms with Crippen LogP contribution in [0.15, 0.2) is 51.7 Å². The molecular formula is C21H20O10. The largest absolute Gasteiger partial charge is 0.508 e. The Kier molecular flexibility index (Phi) is 5.56. The van der Waals surface area contributed by atoms with Gasteiger partial charge >= 0.3 is 0 Å². The van der Waals surface area contributed by atoms with Crippen molar-refractivity contribution in [1.82, 2.24) is 0 Å². The molecule has 4 rings (SSSR count). The van der Waals surface area contributed by atoms with Gasteiger partial charge in [-0.15, -0.1) is 0 Å². The second-order valence-corrected chi connectivity index (χ2v) is 7.19. The highest BCUT2D eigenvalue weighted by atomic mass is 16.6. The topological polar surface area (TPSA) is 170 Å². The van der Waals surface area contributed by atoms with Gasteiger partial charge in [0.1, 0.15) is 65.0 Å². The van der Waals surface area contributed by atoms with E-state index in [1.807, 2.05) is 0 Å². The smallest absolute Gasteiger partial charge is 0.197 e. The molecule has 2 aromatic carbocycles. The van der Waals surface area contributed by atoms with E-state index < -0.39 is 36.1 Å². The first-order valence-electron chi connectivity index (χ1n) is 9.35. The molecule has 31 heavy (non-hydrogen) atoms. The van der Waals surface area contributed by atoms with Crippen LogP contribution in [0.3, 0.4) is 0 Å². The summed E-state index contributed by atoms with van der Waals surface area (Å²) in [4.78, 5) is 12.5. The van der Waals surface area contributed by atoms with Crippen molar-refractivity contribution in [2.24, 2.45) is 0 Å². The van der Waals surface area contributed by atoms with Crippen LogP contribution in [0.5, 0.6) is 17.2 Å². The van der Waals surface area contributed by atoms with Gasteiger partial charge < -0.3 is 44.5 Å². The standard InChI is InChI=1S/C21H20O10/c22-10-3-1-9(2-4-10)14-7-13(24)17-12(23)5-11(6-15(17)30-14)29-8-16-18(25)19(26)20(27)21(28)31-16/h1-7,16,18-23,25-28H,8H2/t16-,18-,19+,20-,21-/m0/s1. The maximum atomic E-state index is 12.5. The fourth-order valence-corrected chi connectivity index (χ4v) is 3.34. The molecule has 1 saturated heterocycles. The van der Waals surface area contributed by atoms with Gasteiger partial charge in [0.05, 0.1) is 0 Å². The number of phenolic OH excluding ortho intramolecular Hbond substituents is 2. The number of aliphatic hydroxyl groups is 4. The summed E-state index contributed by atoms with van der Waals surface area (Å²) in [5.74, 6) is -0.0589. The monoisotopic (exact) mass is 432 g/mol. The molecule has 0 saturated carbocycles. The van der Waals surface area contributed by atoms with Crippen molar-refractivity contribution in [1.29, 1.82) is 0 Å². The van der Waals surface area contributed by atoms with Crippen LogP contribution >= 0.6 is 0 Å². The minimum Gasteiger partial charge on any atom is -0.508 e. The molecule has 3 aromatic rings. The quantitative estimate of drug-likeness (QED) is 0.331. The molecule has 0 unspecified atom stereocenters. The van der Waals surface area contributed by atoms with Gasteiger partial charge in [0.25, 0.3) is 0 Å². The molecule has 1 aliphatic rings. The van der Waals surface area contributed by atoms with E-state index in [2.05, 4.69) is 0 Å². The van der Waals surface area contributed by atoms with Crippen LogP contribution in [0.2, 0.25) is 0 Å². The lowest BCUT2D eigenvalue weighted by molar-refractivity contribution is -0.285. The van der Waals surface area contributed by atoms with E-state index in [4.69, 9.17) is 13.9 Å². The predicted octanol–water partition coefficient (Wildman–Crippen LogP) is 0.0499. The Morgan fingerprint density at radius 2 is 1.61 bits per heavy atom. The van der Waals surface area contributed by atoms with E-state index in [0.717, 1.165) is 0 Å². The molecule has 10 nitrogen and oxygen atoms in total. The minimum absolute atomic E-state index is 0.0335. The molecule has 6 N–H and O–H groups in total. The summed E-state index contributed by atoms with van der Waals surface area (Å²) < 4.78 is 16.3. The molecule has 164 valence electrons. The lowest BCUT2D eigenvalue weighted by Crippen LogP contribution is -2.58. The van der Waals surface area contributed by atoms with Gasteiger partial charge in [-0.1, -0.05) is 0 Å². The van der Waals surface area contributed by atoms with Crippen molar-refractivity contribution in [3.8, 4) is 28.6 Å². The van der Waals surface area contributed by atoms with Crippen molar-refractivity contribution in [3.63, 3.8) is 0 Å². The maximum Gasteiger partial charge on any atom is 0.197 e. The zero-order valence-corrected chi connectivity index (χ0v) is 16.0. The fraction of sp³-hybridized carbons (Fsp3) is 0.286. The molecule has 0 spiro atoms. The normalized spacial score (nSPS) is 26.1. The number of aliphatic hydroxyl groups excluding tert-OH is 4. The number of hydrogen-bond acceptors (Lipinski definition) is 10. The summed E-state index contributed by atoms with van der Waals surface area (Å²) in [5.41, 5.74) is 0.0775. The Morgan fingerprint density at radius 3 is 2.32 bits per heavy atom. The van der Waals surface area contributed by atoms with E-state index in [1.165, 1.54) is 30.3 Å². The Labute approximate surface area is 174 Å². The number of fused-ring (bicyclic) bond motifs is 1. The SMILES string of the molecule is O=c1cc(-c2ccc(O)cc2)oc2cc(OC[C@@H]3O[C@H](O)[C@@H](O)[C@H](O)[C@H]3O)cc(O)c12. The maximum absolute atomic E-state index is 12.5. The summed E-state index contributed by atoms with van der Waals surface area (Å²) in [5, 5.41) is 58.5. The van der Waals surface area contributed by atoms with Crippen LogP contribution in [0.25, 0.3) is 22.3 Å². The molecule has 0 amide bonds. The Morgan fingerprint density at radius 1 is 0.903 bits per heavy atom. The highest BCUT2D eigenvalue weighted by molar-refractivity contribution is 5.86. The van der Waals surface area contributed by atoms with Gasteiger partial charge in [-0.3, -0.25) is 4.79 Å². The van der Waals surface area contributed by atoms with Gasteiger partial charge in [-0.2, -0.15) is 0 Å². The van der Waals surface area contributed by atoms with Gasteiger partial charge in [0, 0.05) is 23.8 Å². The lowest BCUT2D eigenvalue weighted by Gasteiger charge is -2.38. The molecule has 0 bridgehead atoms. The van der Waals surface area contributed by atoms with Gasteiger partial charge in [-0.05, 0) is 24.3 Å². The molecule has 1 fully saturated rings. The van der Waals surface area contributed by atoms with E-state index in [-0.39, 0.29) is 40.6 Å². The van der Waals surface area contributed by atoms with Crippen molar-refractivity contribution in [2.75, 3.05) is 6.61 Å². The third-order valence-electron chi connectivity index (χ3n) is 5.04. The van der Waals surface area contributed by atoms with Crippen molar-refractivity contribution >= 4 is 11.0 Å². The zero-order chi connectivity index (χ0) is 22.3. The molecular weight excluding hydrogens is 412 g/mol. The van der Waals surface area contributed by atoms with Crippen LogP contribution in [0.4, 0.5) is 0 Å². The summed E-state index contributed by atoms with van der Waals surface area (Å²) in [6.07, 6.45) is -7.69. The van der Waals surface area contributed by atoms with Crippen LogP contribution in [0, 0.1) is 0 Å². The first-order chi connectivity index (χ1) is 14.7. The first-order valence-corrected chi connectivity index (χ1v) is 9.35. The highest BCUT2D eigenvalue weighted by Crippen LogP contribution is 2.32. The highest BCUT2D eigenvalue weighted by Gasteiger charge is 2.43. The van der Waals surface area contributed by atoms with E-state index in [0.29, 0.717) is 5.56 Å². The molecule has 1 aromatic heterocycles. The van der Waals surface area contributed by atoms with Crippen LogP contribution in [-0.2, 0) is 4.74 Å². The minimum atomic E-state index is -1.71. The van der Waals surface area contributed by atoms with Gasteiger partial charge in [0.2, 0.25) is 0 Å². The van der Waals surface area contributed by atoms with Crippen molar-refractivity contribution in [2.45, 2.75) is 30.7 Å². The molecule has 0 aliphatic carbocycles. The summed E-state index contributed by atoms with van der Waals surface area (Å²) >= 11 is 0. The molecule has 0 radical (unpaired) electrons. The number of benzene rings is 2. The van der Waals surface area contributed by atoms with Gasteiger partial charge in [-0.25, -0.2) is 0 Å². The van der Waals surface area contributed by atoms with Crippen LogP contribution < -0.4 is 10.2 Å². The third-order valence-corrected chi connectivity index (χ3v) is 5.04. The van der Waals surface area contributed by atoms with Crippen molar-refractivity contribution in [3.05, 3.63) is 52.7 Å². The van der Waals surface area contributed by atoms with Crippen LogP contribution in [-0.4, -0.2) is 68.0 Å². The van der Waals surface area contributed by atoms with Gasteiger partial charge in [0.15, 0.2) is 11.7 Å². The molecule has 1 aliphatic heterocycles. The van der Waals surface area contributed by atoms with Crippen LogP contribution in [0.1, 0.15) is 0 Å². The summed E-state index contributed by atoms with van der Waals surface area (Å²) in [7, 11) is 0. The Hall–Kier alpha value is -3.15. The predicted molar refractivity (Wildman–Crippen MR) is 106 cm³/mol. The average molecular weight is 432 g/mol. The second-order valence-electron chi connectivity index (χ2n) is 7.19. The Bertz CT molecular complexity index is 1140. The number of ether oxygens (including phenoxy) is 2. The number of aromatic hydroxyl groups is 2. The summed E-state index contributed by atoms with van der Waals surface area (Å²) in [6, 6.07) is 9.75. The van der Waals surface area contributed by atoms with Crippen molar-refractivity contribution < 1.29 is 44.5 Å². The number of hydrogen-bond donors (Lipinski definition) is 6. The number of phenols is 2. The van der Waals surface area contributed by atoms with E-state index in [1.54, 1.807) is 12.1 Å².